The topological polar surface area (TPSA) is 63.2 Å². The molecule has 1 N–H and O–H groups in total. The van der Waals surface area contributed by atoms with Gasteiger partial charge in [0, 0.05) is 32.2 Å². The largest absolute Gasteiger partial charge is 0.356 e. The fraction of sp³-hybridized carbons (Fsp3) is 0.824. The lowest BCUT2D eigenvalue weighted by molar-refractivity contribution is -0.123. The van der Waals surface area contributed by atoms with Gasteiger partial charge in [-0.1, -0.05) is 32.6 Å². The third-order valence-corrected chi connectivity index (χ3v) is 3.47. The molecule has 0 rings (SSSR count). The summed E-state index contributed by atoms with van der Waals surface area (Å²) in [7, 11) is 0. The zero-order valence-electron chi connectivity index (χ0n) is 13.7. The van der Waals surface area contributed by atoms with E-state index >= 15 is 0 Å². The fourth-order valence-corrected chi connectivity index (χ4v) is 2.09. The lowest BCUT2D eigenvalue weighted by atomic mass is 10.1. The molecule has 0 saturated carbocycles. The Balaban J connectivity index is 3.33. The molecule has 0 atom stereocenters. The number of nitrogens with one attached hydrogen (secondary N) is 1. The van der Waals surface area contributed by atoms with Crippen LogP contribution in [0.4, 0.5) is 0 Å². The van der Waals surface area contributed by atoms with Crippen molar-refractivity contribution in [2.75, 3.05) is 6.54 Å². The highest BCUT2D eigenvalue weighted by molar-refractivity contribution is 5.84. The van der Waals surface area contributed by atoms with Crippen LogP contribution >= 0.6 is 0 Å². The van der Waals surface area contributed by atoms with Gasteiger partial charge in [0.2, 0.25) is 5.91 Å². The summed E-state index contributed by atoms with van der Waals surface area (Å²) in [6.45, 7) is 4.45. The summed E-state index contributed by atoms with van der Waals surface area (Å²) in [5, 5.41) is 2.93. The summed E-state index contributed by atoms with van der Waals surface area (Å²) in [5.74, 6) is 0.399. The van der Waals surface area contributed by atoms with Crippen LogP contribution in [0.1, 0.15) is 84.5 Å². The van der Waals surface area contributed by atoms with Gasteiger partial charge in [0.15, 0.2) is 0 Å². The third-order valence-electron chi connectivity index (χ3n) is 3.47. The number of hydrogen-bond acceptors (Lipinski definition) is 3. The molecular formula is C17H31NO3. The molecule has 0 aliphatic rings. The Hall–Kier alpha value is -1.19. The van der Waals surface area contributed by atoms with Gasteiger partial charge in [-0.05, 0) is 26.2 Å². The van der Waals surface area contributed by atoms with Gasteiger partial charge in [0.1, 0.15) is 11.6 Å². The second-order valence-corrected chi connectivity index (χ2v) is 5.71. The number of hydrogen-bond donors (Lipinski definition) is 1. The van der Waals surface area contributed by atoms with Crippen LogP contribution in [0.25, 0.3) is 0 Å². The van der Waals surface area contributed by atoms with Crippen LogP contribution in [-0.4, -0.2) is 24.0 Å². The number of carbonyl (C=O) groups is 3. The normalized spacial score (nSPS) is 10.4. The van der Waals surface area contributed by atoms with Crippen LogP contribution in [0, 0.1) is 0 Å². The van der Waals surface area contributed by atoms with E-state index in [1.807, 2.05) is 0 Å². The minimum atomic E-state index is 0.0771. The second-order valence-electron chi connectivity index (χ2n) is 5.71. The van der Waals surface area contributed by atoms with Crippen LogP contribution in [0.2, 0.25) is 0 Å². The summed E-state index contributed by atoms with van der Waals surface area (Å²) in [6.07, 6.45) is 9.03. The number of ketones is 2. The highest BCUT2D eigenvalue weighted by Crippen LogP contribution is 2.08. The highest BCUT2D eigenvalue weighted by Gasteiger charge is 2.04. The van der Waals surface area contributed by atoms with Crippen LogP contribution in [0.3, 0.4) is 0 Å². The number of Topliss-reactive ketones (excluding diaryl/α,β-unsaturated/α-hetero) is 2. The van der Waals surface area contributed by atoms with Crippen molar-refractivity contribution in [2.24, 2.45) is 0 Å². The fourth-order valence-electron chi connectivity index (χ4n) is 2.09. The third kappa shape index (κ3) is 15.0. The van der Waals surface area contributed by atoms with E-state index < -0.39 is 0 Å². The molecule has 4 nitrogen and oxygen atoms in total. The van der Waals surface area contributed by atoms with E-state index in [-0.39, 0.29) is 17.5 Å². The average molecular weight is 297 g/mol. The Morgan fingerprint density at radius 3 is 2.05 bits per heavy atom. The van der Waals surface area contributed by atoms with E-state index in [1.54, 1.807) is 0 Å². The molecule has 0 bridgehead atoms. The molecular weight excluding hydrogens is 266 g/mol. The van der Waals surface area contributed by atoms with Crippen LogP contribution in [0.5, 0.6) is 0 Å². The zero-order valence-corrected chi connectivity index (χ0v) is 13.7. The van der Waals surface area contributed by atoms with Gasteiger partial charge in [0.25, 0.3) is 0 Å². The quantitative estimate of drug-likeness (QED) is 0.498. The number of amides is 1. The predicted octanol–water partition coefficient (Wildman–Crippen LogP) is 3.57. The summed E-state index contributed by atoms with van der Waals surface area (Å²) < 4.78 is 0. The SMILES string of the molecule is CCCCCNC(=O)CCCCCCC(=O)CCC(C)=O. The Morgan fingerprint density at radius 2 is 1.43 bits per heavy atom. The minimum Gasteiger partial charge on any atom is -0.356 e. The summed E-state index contributed by atoms with van der Waals surface area (Å²) >= 11 is 0. The average Bonchev–Trinajstić information content (AvgIpc) is 2.45. The van der Waals surface area contributed by atoms with E-state index in [1.165, 1.54) is 13.3 Å². The smallest absolute Gasteiger partial charge is 0.219 e. The van der Waals surface area contributed by atoms with Gasteiger partial charge in [-0.25, -0.2) is 0 Å². The molecule has 0 aliphatic heterocycles. The molecule has 0 unspecified atom stereocenters. The van der Waals surface area contributed by atoms with Gasteiger partial charge in [0.05, 0.1) is 0 Å². The maximum atomic E-state index is 11.5. The molecule has 0 aromatic rings. The van der Waals surface area contributed by atoms with Crippen molar-refractivity contribution >= 4 is 17.5 Å². The monoisotopic (exact) mass is 297 g/mol. The van der Waals surface area contributed by atoms with E-state index in [0.717, 1.165) is 45.1 Å². The molecule has 122 valence electrons. The molecule has 1 amide bonds. The molecule has 0 aromatic heterocycles. The second kappa shape index (κ2) is 13.8. The first-order valence-electron chi connectivity index (χ1n) is 8.34. The van der Waals surface area contributed by atoms with Gasteiger partial charge in [-0.2, -0.15) is 0 Å². The molecule has 0 aromatic carbocycles. The molecule has 0 aliphatic carbocycles. The van der Waals surface area contributed by atoms with Gasteiger partial charge in [-0.3, -0.25) is 9.59 Å². The first-order chi connectivity index (χ1) is 10.1. The van der Waals surface area contributed by atoms with Crippen LogP contribution in [-0.2, 0) is 14.4 Å². The van der Waals surface area contributed by atoms with Gasteiger partial charge in [-0.15, -0.1) is 0 Å². The van der Waals surface area contributed by atoms with Crippen LogP contribution < -0.4 is 5.32 Å². The van der Waals surface area contributed by atoms with Crippen molar-refractivity contribution in [3.8, 4) is 0 Å². The lowest BCUT2D eigenvalue weighted by Gasteiger charge is -2.04. The van der Waals surface area contributed by atoms with E-state index in [9.17, 15) is 14.4 Å². The van der Waals surface area contributed by atoms with Crippen molar-refractivity contribution in [1.29, 1.82) is 0 Å². The standard InChI is InChI=1S/C17H31NO3/c1-3-4-9-14-18-17(21)11-8-6-5-7-10-16(20)13-12-15(2)19/h3-14H2,1-2H3,(H,18,21). The van der Waals surface area contributed by atoms with E-state index in [0.29, 0.717) is 25.7 Å². The minimum absolute atomic E-state index is 0.0771. The van der Waals surface area contributed by atoms with Gasteiger partial charge < -0.3 is 10.1 Å². The lowest BCUT2D eigenvalue weighted by Crippen LogP contribution is -2.23. The molecule has 0 heterocycles. The van der Waals surface area contributed by atoms with E-state index in [4.69, 9.17) is 0 Å². The molecule has 0 saturated heterocycles. The zero-order chi connectivity index (χ0) is 15.9. The van der Waals surface area contributed by atoms with Crippen molar-refractivity contribution in [2.45, 2.75) is 84.5 Å². The summed E-state index contributed by atoms with van der Waals surface area (Å²) in [6, 6.07) is 0. The van der Waals surface area contributed by atoms with Crippen LogP contribution in [0.15, 0.2) is 0 Å². The molecule has 0 fully saturated rings. The number of carbonyl (C=O) groups excluding carboxylic acids is 3. The first-order valence-corrected chi connectivity index (χ1v) is 8.34. The molecule has 4 heteroatoms. The Kier molecular flexibility index (Phi) is 13.0. The summed E-state index contributed by atoms with van der Waals surface area (Å²) in [5.41, 5.74) is 0. The first kappa shape index (κ1) is 19.8. The summed E-state index contributed by atoms with van der Waals surface area (Å²) in [4.78, 5) is 33.7. The molecule has 21 heavy (non-hydrogen) atoms. The van der Waals surface area contributed by atoms with E-state index in [2.05, 4.69) is 12.2 Å². The molecule has 0 radical (unpaired) electrons. The molecule has 0 spiro atoms. The number of unbranched alkanes of at least 4 members (excludes halogenated alkanes) is 5. The Labute approximate surface area is 129 Å². The van der Waals surface area contributed by atoms with Crippen molar-refractivity contribution in [1.82, 2.24) is 5.32 Å². The Morgan fingerprint density at radius 1 is 0.762 bits per heavy atom. The maximum absolute atomic E-state index is 11.5. The van der Waals surface area contributed by atoms with Gasteiger partial charge >= 0.3 is 0 Å². The number of rotatable bonds is 14. The Bertz CT molecular complexity index is 313. The van der Waals surface area contributed by atoms with Crippen molar-refractivity contribution in [3.05, 3.63) is 0 Å². The van der Waals surface area contributed by atoms with Crippen molar-refractivity contribution < 1.29 is 14.4 Å². The maximum Gasteiger partial charge on any atom is 0.219 e. The predicted molar refractivity (Wildman–Crippen MR) is 85.2 cm³/mol. The van der Waals surface area contributed by atoms with Crippen molar-refractivity contribution in [3.63, 3.8) is 0 Å². The highest BCUT2D eigenvalue weighted by atomic mass is 16.1.